The molecule has 0 aliphatic rings. The number of hydrogen-bond donors (Lipinski definition) is 1. The van der Waals surface area contributed by atoms with Crippen LogP contribution in [0.5, 0.6) is 0 Å². The summed E-state index contributed by atoms with van der Waals surface area (Å²) in [6, 6.07) is 38.2. The van der Waals surface area contributed by atoms with Crippen LogP contribution < -0.4 is 15.9 Å². The molecule has 0 radical (unpaired) electrons. The topological polar surface area (TPSA) is 24.9 Å². The van der Waals surface area contributed by atoms with Crippen LogP contribution in [0, 0.1) is 0 Å². The van der Waals surface area contributed by atoms with Crippen molar-refractivity contribution < 1.29 is 0 Å². The molecule has 30 heavy (non-hydrogen) atoms. The Morgan fingerprint density at radius 2 is 1.27 bits per heavy atom. The van der Waals surface area contributed by atoms with Crippen LogP contribution >= 0.6 is 7.92 Å². The average molecular weight is 408 g/mol. The minimum atomic E-state index is -0.398. The smallest absolute Gasteiger partial charge is 0.0722 e. The normalized spacial score (nSPS) is 11.4. The van der Waals surface area contributed by atoms with Gasteiger partial charge >= 0.3 is 0 Å². The highest BCUT2D eigenvalue weighted by Crippen LogP contribution is 2.32. The van der Waals surface area contributed by atoms with E-state index in [0.29, 0.717) is 0 Å². The largest absolute Gasteiger partial charge is 0.390 e. The van der Waals surface area contributed by atoms with Crippen LogP contribution in [0.25, 0.3) is 5.57 Å². The lowest BCUT2D eigenvalue weighted by molar-refractivity contribution is 0.927. The van der Waals surface area contributed by atoms with E-state index in [-0.39, 0.29) is 0 Å². The van der Waals surface area contributed by atoms with E-state index in [9.17, 15) is 0 Å². The van der Waals surface area contributed by atoms with E-state index >= 15 is 0 Å². The van der Waals surface area contributed by atoms with E-state index in [2.05, 4.69) is 107 Å². The zero-order valence-electron chi connectivity index (χ0n) is 16.9. The average Bonchev–Trinajstić information content (AvgIpc) is 2.84. The molecule has 0 bridgehead atoms. The molecule has 1 heterocycles. The van der Waals surface area contributed by atoms with Crippen molar-refractivity contribution in [1.29, 1.82) is 0 Å². The number of hydrogen-bond acceptors (Lipinski definition) is 2. The Balaban J connectivity index is 1.52. The Labute approximate surface area is 180 Å². The standard InChI is InChI=1S/C27H25N2P/c1-4-12-23(13-5-1)26(27-18-10-11-19-29-27)22-28-20-21-30(24-14-6-2-7-15-24)25-16-8-3-9-17-25/h1-19,22,28H,20-21H2/b26-22+. The van der Waals surface area contributed by atoms with Gasteiger partial charge in [0.25, 0.3) is 0 Å². The molecule has 0 aliphatic carbocycles. The Morgan fingerprint density at radius 3 is 1.83 bits per heavy atom. The molecule has 1 aromatic heterocycles. The molecule has 4 aromatic rings. The van der Waals surface area contributed by atoms with Crippen LogP contribution in [0.2, 0.25) is 0 Å². The summed E-state index contributed by atoms with van der Waals surface area (Å²) in [5, 5.41) is 6.40. The van der Waals surface area contributed by atoms with Gasteiger partial charge in [0.1, 0.15) is 0 Å². The van der Waals surface area contributed by atoms with Crippen molar-refractivity contribution in [2.24, 2.45) is 0 Å². The fraction of sp³-hybridized carbons (Fsp3) is 0.0741. The zero-order valence-corrected chi connectivity index (χ0v) is 17.8. The highest BCUT2D eigenvalue weighted by Gasteiger charge is 2.13. The van der Waals surface area contributed by atoms with Gasteiger partial charge < -0.3 is 5.32 Å². The number of benzene rings is 3. The number of nitrogens with zero attached hydrogens (tertiary/aromatic N) is 1. The molecule has 0 amide bonds. The van der Waals surface area contributed by atoms with Gasteiger partial charge in [0.15, 0.2) is 0 Å². The molecule has 0 fully saturated rings. The predicted octanol–water partition coefficient (Wildman–Crippen LogP) is 5.19. The fourth-order valence-electron chi connectivity index (χ4n) is 3.42. The van der Waals surface area contributed by atoms with Crippen molar-refractivity contribution in [2.75, 3.05) is 12.7 Å². The van der Waals surface area contributed by atoms with Crippen LogP contribution in [0.1, 0.15) is 11.3 Å². The summed E-state index contributed by atoms with van der Waals surface area (Å²) in [6.45, 7) is 0.901. The Bertz CT molecular complexity index is 968. The van der Waals surface area contributed by atoms with Gasteiger partial charge in [-0.1, -0.05) is 97.1 Å². The third-order valence-corrected chi connectivity index (χ3v) is 7.40. The van der Waals surface area contributed by atoms with Gasteiger partial charge in [-0.05, 0) is 42.4 Å². The van der Waals surface area contributed by atoms with Crippen LogP contribution in [0.3, 0.4) is 0 Å². The highest BCUT2D eigenvalue weighted by molar-refractivity contribution is 7.73. The molecule has 1 N–H and O–H groups in total. The third kappa shape index (κ3) is 5.23. The first-order chi connectivity index (χ1) is 14.9. The van der Waals surface area contributed by atoms with Crippen LogP contribution in [0.15, 0.2) is 122 Å². The lowest BCUT2D eigenvalue weighted by Gasteiger charge is -2.19. The first kappa shape index (κ1) is 20.1. The monoisotopic (exact) mass is 408 g/mol. The quantitative estimate of drug-likeness (QED) is 0.320. The molecule has 0 spiro atoms. The third-order valence-electron chi connectivity index (χ3n) is 4.89. The van der Waals surface area contributed by atoms with Crippen molar-refractivity contribution in [2.45, 2.75) is 0 Å². The Morgan fingerprint density at radius 1 is 0.700 bits per heavy atom. The molecule has 0 atom stereocenters. The summed E-state index contributed by atoms with van der Waals surface area (Å²) in [5.41, 5.74) is 3.25. The van der Waals surface area contributed by atoms with Gasteiger partial charge in [-0.2, -0.15) is 0 Å². The molecule has 148 valence electrons. The lowest BCUT2D eigenvalue weighted by atomic mass is 10.0. The molecular formula is C27H25N2P. The second-order valence-electron chi connectivity index (χ2n) is 6.92. The summed E-state index contributed by atoms with van der Waals surface area (Å²) < 4.78 is 0. The van der Waals surface area contributed by atoms with Gasteiger partial charge in [-0.25, -0.2) is 0 Å². The van der Waals surface area contributed by atoms with Gasteiger partial charge in [0.2, 0.25) is 0 Å². The molecule has 0 saturated heterocycles. The molecule has 2 nitrogen and oxygen atoms in total. The minimum Gasteiger partial charge on any atom is -0.390 e. The second kappa shape index (κ2) is 10.5. The fourth-order valence-corrected chi connectivity index (χ4v) is 5.65. The summed E-state index contributed by atoms with van der Waals surface area (Å²) >= 11 is 0. The number of rotatable bonds is 8. The molecule has 3 heteroatoms. The van der Waals surface area contributed by atoms with Gasteiger partial charge in [-0.3, -0.25) is 4.98 Å². The highest BCUT2D eigenvalue weighted by atomic mass is 31.1. The van der Waals surface area contributed by atoms with E-state index in [1.165, 1.54) is 10.6 Å². The van der Waals surface area contributed by atoms with Crippen molar-refractivity contribution in [3.05, 3.63) is 133 Å². The molecule has 3 aromatic carbocycles. The number of pyridine rings is 1. The molecule has 0 aliphatic heterocycles. The van der Waals surface area contributed by atoms with E-state index in [0.717, 1.165) is 29.5 Å². The van der Waals surface area contributed by atoms with E-state index in [4.69, 9.17) is 0 Å². The van der Waals surface area contributed by atoms with Crippen molar-refractivity contribution in [3.63, 3.8) is 0 Å². The summed E-state index contributed by atoms with van der Waals surface area (Å²) in [7, 11) is -0.398. The predicted molar refractivity (Wildman–Crippen MR) is 130 cm³/mol. The van der Waals surface area contributed by atoms with Gasteiger partial charge in [-0.15, -0.1) is 0 Å². The molecule has 4 rings (SSSR count). The van der Waals surface area contributed by atoms with Crippen molar-refractivity contribution in [1.82, 2.24) is 10.3 Å². The SMILES string of the molecule is C(/NCCP(c1ccccc1)c1ccccc1)=C(/c1ccccc1)c1ccccn1. The minimum absolute atomic E-state index is 0.398. The van der Waals surface area contributed by atoms with E-state index in [1.54, 1.807) is 0 Å². The van der Waals surface area contributed by atoms with Crippen molar-refractivity contribution in [3.8, 4) is 0 Å². The van der Waals surface area contributed by atoms with E-state index < -0.39 is 7.92 Å². The first-order valence-corrected chi connectivity index (χ1v) is 11.7. The second-order valence-corrected chi connectivity index (χ2v) is 9.25. The number of nitrogens with one attached hydrogen (secondary N) is 1. The molecule has 0 saturated carbocycles. The molecule has 0 unspecified atom stereocenters. The summed E-state index contributed by atoms with van der Waals surface area (Å²) in [5.74, 6) is 0. The molecular weight excluding hydrogens is 383 g/mol. The summed E-state index contributed by atoms with van der Waals surface area (Å²) in [4.78, 5) is 4.56. The maximum absolute atomic E-state index is 4.56. The van der Waals surface area contributed by atoms with Crippen LogP contribution in [-0.4, -0.2) is 17.7 Å². The summed E-state index contributed by atoms with van der Waals surface area (Å²) in [6.07, 6.45) is 5.03. The number of aromatic nitrogens is 1. The lowest BCUT2D eigenvalue weighted by Crippen LogP contribution is -2.20. The van der Waals surface area contributed by atoms with Crippen molar-refractivity contribution >= 4 is 24.1 Å². The van der Waals surface area contributed by atoms with Gasteiger partial charge in [0, 0.05) is 24.5 Å². The van der Waals surface area contributed by atoms with Crippen LogP contribution in [0.4, 0.5) is 0 Å². The van der Waals surface area contributed by atoms with Gasteiger partial charge in [0.05, 0.1) is 5.69 Å². The maximum atomic E-state index is 4.56. The Kier molecular flexibility index (Phi) is 7.04. The Hall–Kier alpha value is -3.22. The maximum Gasteiger partial charge on any atom is 0.0722 e. The van der Waals surface area contributed by atoms with E-state index in [1.807, 2.05) is 24.4 Å². The zero-order chi connectivity index (χ0) is 20.4. The first-order valence-electron chi connectivity index (χ1n) is 10.2. The van der Waals surface area contributed by atoms with Crippen LogP contribution in [-0.2, 0) is 0 Å².